The topological polar surface area (TPSA) is 97.4 Å². The second-order valence-corrected chi connectivity index (χ2v) is 9.23. The number of fused-ring (bicyclic) bond motifs is 5. The lowest BCUT2D eigenvalue weighted by Crippen LogP contribution is -2.58. The van der Waals surface area contributed by atoms with Crippen molar-refractivity contribution >= 4 is 17.7 Å². The van der Waals surface area contributed by atoms with Gasteiger partial charge < -0.3 is 29.3 Å². The predicted octanol–water partition coefficient (Wildman–Crippen LogP) is 2.13. The summed E-state index contributed by atoms with van der Waals surface area (Å²) in [6, 6.07) is 14.9. The highest BCUT2D eigenvalue weighted by molar-refractivity contribution is 5.85. The average Bonchev–Trinajstić information content (AvgIpc) is 2.86. The third-order valence-corrected chi connectivity index (χ3v) is 6.45. The van der Waals surface area contributed by atoms with Gasteiger partial charge in [-0.1, -0.05) is 24.3 Å². The number of nitrogens with one attached hydrogen (secondary N) is 1. The first-order valence-corrected chi connectivity index (χ1v) is 12.2. The molecule has 1 N–H and O–H groups in total. The smallest absolute Gasteiger partial charge is 0.248 e. The summed E-state index contributed by atoms with van der Waals surface area (Å²) in [4.78, 5) is 41.1. The van der Waals surface area contributed by atoms with Gasteiger partial charge >= 0.3 is 0 Å². The highest BCUT2D eigenvalue weighted by Crippen LogP contribution is 2.25. The van der Waals surface area contributed by atoms with E-state index in [4.69, 9.17) is 14.2 Å². The quantitative estimate of drug-likeness (QED) is 0.686. The Labute approximate surface area is 211 Å². The van der Waals surface area contributed by atoms with Gasteiger partial charge in [-0.25, -0.2) is 0 Å². The Hall–Kier alpha value is -3.43. The number of likely N-dealkylation sites (tertiary alicyclic amines) is 1. The molecule has 36 heavy (non-hydrogen) atoms. The summed E-state index contributed by atoms with van der Waals surface area (Å²) < 4.78 is 17.3. The summed E-state index contributed by atoms with van der Waals surface area (Å²) in [7, 11) is 3.10. The van der Waals surface area contributed by atoms with Crippen LogP contribution in [-0.2, 0) is 36.9 Å². The Morgan fingerprint density at radius 3 is 2.56 bits per heavy atom. The van der Waals surface area contributed by atoms with Crippen molar-refractivity contribution in [3.05, 3.63) is 59.7 Å². The van der Waals surface area contributed by atoms with Crippen LogP contribution in [0.1, 0.15) is 24.0 Å². The van der Waals surface area contributed by atoms with Gasteiger partial charge in [0.15, 0.2) is 0 Å². The molecule has 0 radical (unpaired) electrons. The van der Waals surface area contributed by atoms with Gasteiger partial charge in [0, 0.05) is 33.7 Å². The van der Waals surface area contributed by atoms with Gasteiger partial charge in [-0.05, 0) is 48.2 Å². The van der Waals surface area contributed by atoms with Crippen LogP contribution in [0.25, 0.3) is 0 Å². The number of piperidine rings is 1. The van der Waals surface area contributed by atoms with E-state index in [1.165, 1.54) is 12.0 Å². The molecule has 2 aromatic carbocycles. The number of likely N-dealkylation sites (N-methyl/N-ethyl adjacent to an activating group) is 1. The summed E-state index contributed by atoms with van der Waals surface area (Å²) >= 11 is 0. The van der Waals surface area contributed by atoms with Crippen molar-refractivity contribution in [1.29, 1.82) is 0 Å². The maximum Gasteiger partial charge on any atom is 0.248 e. The molecular formula is C27H33N3O6. The SMILES string of the molecule is COCC(=O)N1CC[C@H]2OCc3cccc(c3)Oc3cccc(c3)CCC(=O)N(C)CC(=O)N[C@H]2C1. The number of hydrogen-bond acceptors (Lipinski definition) is 6. The molecule has 4 rings (SSSR count). The standard InChI is InChI=1S/C27H33N3O6/c1-29-16-25(31)28-23-15-30(27(33)18-34-2)12-11-24(23)35-17-20-6-4-8-22(14-20)36-21-7-3-5-19(13-21)9-10-26(29)32/h3-8,13-14,23-24H,9-12,15-18H2,1-2H3,(H,28,31)/t23-,24+/m0/s1. The van der Waals surface area contributed by atoms with Crippen LogP contribution in [-0.4, -0.2) is 80.1 Å². The van der Waals surface area contributed by atoms with E-state index in [1.54, 1.807) is 11.9 Å². The van der Waals surface area contributed by atoms with Crippen LogP contribution in [0, 0.1) is 0 Å². The number of hydrogen-bond donors (Lipinski definition) is 1. The molecule has 2 aliphatic heterocycles. The minimum Gasteiger partial charge on any atom is -0.457 e. The zero-order chi connectivity index (χ0) is 25.5. The number of ether oxygens (including phenoxy) is 3. The largest absolute Gasteiger partial charge is 0.457 e. The molecule has 2 atom stereocenters. The molecule has 0 spiro atoms. The van der Waals surface area contributed by atoms with E-state index in [0.29, 0.717) is 44.0 Å². The molecule has 2 aromatic rings. The molecule has 0 aromatic heterocycles. The highest BCUT2D eigenvalue weighted by atomic mass is 16.5. The summed E-state index contributed by atoms with van der Waals surface area (Å²) in [5.74, 6) is 0.836. The minimum atomic E-state index is -0.409. The van der Waals surface area contributed by atoms with E-state index in [9.17, 15) is 14.4 Å². The van der Waals surface area contributed by atoms with Crippen molar-refractivity contribution in [3.8, 4) is 11.5 Å². The molecule has 4 bridgehead atoms. The summed E-state index contributed by atoms with van der Waals surface area (Å²) in [5.41, 5.74) is 1.92. The minimum absolute atomic E-state index is 0.0156. The maximum absolute atomic E-state index is 12.9. The Balaban J connectivity index is 1.56. The molecule has 3 amide bonds. The third-order valence-electron chi connectivity index (χ3n) is 6.45. The monoisotopic (exact) mass is 495 g/mol. The molecule has 192 valence electrons. The molecule has 9 heteroatoms. The summed E-state index contributed by atoms with van der Waals surface area (Å²) in [6.07, 6.45) is 1.09. The van der Waals surface area contributed by atoms with Gasteiger partial charge in [0.2, 0.25) is 17.7 Å². The van der Waals surface area contributed by atoms with E-state index in [-0.39, 0.29) is 43.4 Å². The van der Waals surface area contributed by atoms with E-state index < -0.39 is 6.04 Å². The fourth-order valence-corrected chi connectivity index (χ4v) is 4.51. The molecule has 1 fully saturated rings. The lowest BCUT2D eigenvalue weighted by Gasteiger charge is -2.39. The van der Waals surface area contributed by atoms with Gasteiger partial charge in [-0.15, -0.1) is 0 Å². The predicted molar refractivity (Wildman–Crippen MR) is 132 cm³/mol. The Bertz CT molecular complexity index is 1090. The maximum atomic E-state index is 12.9. The van der Waals surface area contributed by atoms with E-state index in [0.717, 1.165) is 11.1 Å². The van der Waals surface area contributed by atoms with Crippen molar-refractivity contribution in [2.75, 3.05) is 40.4 Å². The lowest BCUT2D eigenvalue weighted by atomic mass is 10.0. The number of nitrogens with zero attached hydrogens (tertiary/aromatic N) is 2. The van der Waals surface area contributed by atoms with E-state index >= 15 is 0 Å². The Kier molecular flexibility index (Phi) is 8.56. The van der Waals surface area contributed by atoms with Gasteiger partial charge in [-0.2, -0.15) is 0 Å². The molecule has 2 heterocycles. The zero-order valence-electron chi connectivity index (χ0n) is 20.8. The van der Waals surface area contributed by atoms with E-state index in [2.05, 4.69) is 5.32 Å². The van der Waals surface area contributed by atoms with Crippen molar-refractivity contribution in [2.45, 2.75) is 38.0 Å². The van der Waals surface area contributed by atoms with Crippen LogP contribution in [0.5, 0.6) is 11.5 Å². The molecule has 1 saturated heterocycles. The average molecular weight is 496 g/mol. The first kappa shape index (κ1) is 25.7. The molecule has 2 aliphatic rings. The number of aryl methyl sites for hydroxylation is 1. The van der Waals surface area contributed by atoms with Gasteiger partial charge in [0.05, 0.1) is 25.3 Å². The first-order valence-electron chi connectivity index (χ1n) is 12.2. The number of amides is 3. The van der Waals surface area contributed by atoms with Crippen LogP contribution in [0.2, 0.25) is 0 Å². The zero-order valence-corrected chi connectivity index (χ0v) is 20.8. The van der Waals surface area contributed by atoms with Gasteiger partial charge in [0.25, 0.3) is 0 Å². The second kappa shape index (κ2) is 12.0. The van der Waals surface area contributed by atoms with Crippen LogP contribution in [0.4, 0.5) is 0 Å². The molecular weight excluding hydrogens is 462 g/mol. The normalized spacial score (nSPS) is 21.5. The van der Waals surface area contributed by atoms with E-state index in [1.807, 2.05) is 48.5 Å². The van der Waals surface area contributed by atoms with Crippen molar-refractivity contribution in [3.63, 3.8) is 0 Å². The number of benzene rings is 2. The first-order chi connectivity index (χ1) is 17.4. The van der Waals surface area contributed by atoms with Crippen LogP contribution >= 0.6 is 0 Å². The molecule has 0 aliphatic carbocycles. The van der Waals surface area contributed by atoms with Crippen molar-refractivity contribution in [2.24, 2.45) is 0 Å². The van der Waals surface area contributed by atoms with Gasteiger partial charge in [-0.3, -0.25) is 14.4 Å². The number of rotatable bonds is 2. The fraction of sp³-hybridized carbons (Fsp3) is 0.444. The highest BCUT2D eigenvalue weighted by Gasteiger charge is 2.33. The van der Waals surface area contributed by atoms with Crippen LogP contribution < -0.4 is 10.1 Å². The number of carbonyl (C=O) groups excluding carboxylic acids is 3. The number of methoxy groups -OCH3 is 1. The molecule has 0 unspecified atom stereocenters. The Morgan fingerprint density at radius 2 is 1.81 bits per heavy atom. The van der Waals surface area contributed by atoms with Crippen LogP contribution in [0.15, 0.2) is 48.5 Å². The van der Waals surface area contributed by atoms with Gasteiger partial charge in [0.1, 0.15) is 18.1 Å². The molecule has 0 saturated carbocycles. The Morgan fingerprint density at radius 1 is 1.08 bits per heavy atom. The number of carbonyl (C=O) groups is 3. The molecule has 9 nitrogen and oxygen atoms in total. The second-order valence-electron chi connectivity index (χ2n) is 9.23. The van der Waals surface area contributed by atoms with Crippen LogP contribution in [0.3, 0.4) is 0 Å². The van der Waals surface area contributed by atoms with Crippen molar-refractivity contribution < 1.29 is 28.6 Å². The fourth-order valence-electron chi connectivity index (χ4n) is 4.51. The summed E-state index contributed by atoms with van der Waals surface area (Å²) in [6.45, 7) is 1.07. The summed E-state index contributed by atoms with van der Waals surface area (Å²) in [5, 5.41) is 3.00. The van der Waals surface area contributed by atoms with Crippen molar-refractivity contribution in [1.82, 2.24) is 15.1 Å². The third kappa shape index (κ3) is 6.83. The lowest BCUT2D eigenvalue weighted by molar-refractivity contribution is -0.141.